The van der Waals surface area contributed by atoms with Gasteiger partial charge in [-0.05, 0) is 6.16 Å². The molecule has 7 heavy (non-hydrogen) atoms. The Morgan fingerprint density at radius 1 is 1.43 bits per heavy atom. The fourth-order valence-electron chi connectivity index (χ4n) is 0.167. The molecule has 0 aliphatic carbocycles. The van der Waals surface area contributed by atoms with Gasteiger partial charge in [0.15, 0.2) is 0 Å². The van der Waals surface area contributed by atoms with Gasteiger partial charge < -0.3 is 0 Å². The van der Waals surface area contributed by atoms with Gasteiger partial charge in [0, 0.05) is 0 Å². The molecule has 0 aromatic heterocycles. The molecule has 0 bridgehead atoms. The normalized spacial score (nSPS) is 8.00. The van der Waals surface area contributed by atoms with Crippen LogP contribution in [0.25, 0.3) is 0 Å². The molecular formula is C5H10ClP. The summed E-state index contributed by atoms with van der Waals surface area (Å²) in [5.74, 6) is 1.92. The first-order valence-corrected chi connectivity index (χ1v) is 3.15. The van der Waals surface area contributed by atoms with E-state index in [1.165, 1.54) is 0 Å². The van der Waals surface area contributed by atoms with Gasteiger partial charge >= 0.3 is 0 Å². The highest BCUT2D eigenvalue weighted by Gasteiger charge is 1.65. The maximum absolute atomic E-state index is 3.56. The van der Waals surface area contributed by atoms with E-state index in [0.717, 1.165) is 14.7 Å². The Morgan fingerprint density at radius 2 is 2.00 bits per heavy atom. The lowest BCUT2D eigenvalue weighted by Crippen LogP contribution is -1.53. The summed E-state index contributed by atoms with van der Waals surface area (Å²) in [6, 6.07) is 0. The van der Waals surface area contributed by atoms with E-state index >= 15 is 0 Å². The van der Waals surface area contributed by atoms with Crippen LogP contribution in [-0.2, 0) is 0 Å². The molecule has 0 N–H and O–H groups in total. The molecule has 0 heterocycles. The van der Waals surface area contributed by atoms with Crippen LogP contribution in [-0.4, -0.2) is 6.16 Å². The van der Waals surface area contributed by atoms with Crippen LogP contribution in [0, 0.1) is 0 Å². The molecule has 0 amide bonds. The van der Waals surface area contributed by atoms with Crippen molar-refractivity contribution < 1.29 is 0 Å². The number of allylic oxidation sites excluding steroid dienone is 1. The van der Waals surface area contributed by atoms with Crippen molar-refractivity contribution in [3.63, 3.8) is 0 Å². The van der Waals surface area contributed by atoms with Crippen molar-refractivity contribution in [2.75, 3.05) is 6.16 Å². The van der Waals surface area contributed by atoms with Crippen molar-refractivity contribution in [1.82, 2.24) is 0 Å². The minimum absolute atomic E-state index is 0. The topological polar surface area (TPSA) is 0 Å². The van der Waals surface area contributed by atoms with E-state index in [4.69, 9.17) is 0 Å². The van der Waals surface area contributed by atoms with Crippen molar-refractivity contribution in [2.24, 2.45) is 0 Å². The summed E-state index contributed by atoms with van der Waals surface area (Å²) in [6.07, 6.45) is 2.99. The van der Waals surface area contributed by atoms with E-state index < -0.39 is 0 Å². The molecule has 1 atom stereocenters. The van der Waals surface area contributed by atoms with Gasteiger partial charge in [0.05, 0.1) is 0 Å². The van der Waals surface area contributed by atoms with Crippen LogP contribution < -0.4 is 0 Å². The molecule has 0 radical (unpaired) electrons. The molecule has 0 aliphatic rings. The highest BCUT2D eigenvalue weighted by molar-refractivity contribution is 7.41. The van der Waals surface area contributed by atoms with E-state index in [1.807, 2.05) is 11.9 Å². The second kappa shape index (κ2) is 9.50. The molecule has 42 valence electrons. The molecule has 0 rings (SSSR count). The Morgan fingerprint density at radius 3 is 2.14 bits per heavy atom. The molecule has 0 saturated carbocycles. The molecule has 2 heteroatoms. The lowest BCUT2D eigenvalue weighted by molar-refractivity contribution is 1.81. The number of rotatable bonds is 3. The molecule has 0 nitrogen and oxygen atoms in total. The molecule has 0 fully saturated rings. The van der Waals surface area contributed by atoms with Crippen LogP contribution in [0.5, 0.6) is 0 Å². The largest absolute Gasteiger partial charge is 0.147 e. The third-order valence-electron chi connectivity index (χ3n) is 0.407. The molecule has 1 unspecified atom stereocenters. The minimum Gasteiger partial charge on any atom is -0.147 e. The van der Waals surface area contributed by atoms with E-state index in [1.54, 1.807) is 0 Å². The van der Waals surface area contributed by atoms with Crippen LogP contribution in [0.15, 0.2) is 25.1 Å². The maximum atomic E-state index is 3.56. The number of halogens is 1. The van der Waals surface area contributed by atoms with Crippen molar-refractivity contribution in [3.05, 3.63) is 25.1 Å². The van der Waals surface area contributed by atoms with E-state index in [2.05, 4.69) is 13.2 Å². The fraction of sp³-hybridized carbons (Fsp3) is 0.200. The smallest absolute Gasteiger partial charge is 0.0140 e. The zero-order valence-electron chi connectivity index (χ0n) is 4.18. The van der Waals surface area contributed by atoms with Gasteiger partial charge in [0.1, 0.15) is 0 Å². The summed E-state index contributed by atoms with van der Waals surface area (Å²) < 4.78 is 0. The summed E-state index contributed by atoms with van der Waals surface area (Å²) >= 11 is 0. The summed E-state index contributed by atoms with van der Waals surface area (Å²) in [6.45, 7) is 7.12. The van der Waals surface area contributed by atoms with Crippen LogP contribution >= 0.6 is 21.0 Å². The lowest BCUT2D eigenvalue weighted by atomic mass is 10.8. The Labute approximate surface area is 52.9 Å². The highest BCUT2D eigenvalue weighted by atomic mass is 35.5. The standard InChI is InChI=1S/C5H9P.ClH/c1-3-5-6-4-2;/h3-4,6H,1-2,5H2;1H. The number of hydrogen-bond donors (Lipinski definition) is 0. The van der Waals surface area contributed by atoms with Crippen LogP contribution in [0.4, 0.5) is 0 Å². The van der Waals surface area contributed by atoms with Crippen molar-refractivity contribution in [2.45, 2.75) is 0 Å². The highest BCUT2D eigenvalue weighted by Crippen LogP contribution is 2.07. The first kappa shape index (κ1) is 10.2. The summed E-state index contributed by atoms with van der Waals surface area (Å²) in [4.78, 5) is 0. The summed E-state index contributed by atoms with van der Waals surface area (Å²) in [7, 11) is 0.861. The summed E-state index contributed by atoms with van der Waals surface area (Å²) in [5.41, 5.74) is 0. The second-order valence-electron chi connectivity index (χ2n) is 0.901. The second-order valence-corrected chi connectivity index (χ2v) is 2.13. The zero-order chi connectivity index (χ0) is 4.83. The average molecular weight is 137 g/mol. The Balaban J connectivity index is 0. The first-order chi connectivity index (χ1) is 2.91. The Bertz CT molecular complexity index is 44.0. The molecular weight excluding hydrogens is 126 g/mol. The van der Waals surface area contributed by atoms with Crippen molar-refractivity contribution >= 4 is 21.0 Å². The maximum Gasteiger partial charge on any atom is -0.0140 e. The molecule has 0 aromatic carbocycles. The van der Waals surface area contributed by atoms with Crippen molar-refractivity contribution in [3.8, 4) is 0 Å². The van der Waals surface area contributed by atoms with Gasteiger partial charge in [-0.3, -0.25) is 0 Å². The van der Waals surface area contributed by atoms with Crippen molar-refractivity contribution in [1.29, 1.82) is 0 Å². The average Bonchev–Trinajstić information content (AvgIpc) is 1.61. The van der Waals surface area contributed by atoms with Gasteiger partial charge in [-0.15, -0.1) is 19.0 Å². The van der Waals surface area contributed by atoms with E-state index in [-0.39, 0.29) is 12.4 Å². The van der Waals surface area contributed by atoms with Gasteiger partial charge in [0.25, 0.3) is 0 Å². The summed E-state index contributed by atoms with van der Waals surface area (Å²) in [5, 5.41) is 0. The third kappa shape index (κ3) is 10.7. The monoisotopic (exact) mass is 136 g/mol. The number of hydrogen-bond acceptors (Lipinski definition) is 0. The Kier molecular flexibility index (Phi) is 13.9. The van der Waals surface area contributed by atoms with Crippen LogP contribution in [0.1, 0.15) is 0 Å². The lowest BCUT2D eigenvalue weighted by Gasteiger charge is -1.77. The predicted octanol–water partition coefficient (Wildman–Crippen LogP) is 2.42. The fourth-order valence-corrected chi connectivity index (χ4v) is 0.500. The van der Waals surface area contributed by atoms with Gasteiger partial charge in [0.2, 0.25) is 0 Å². The minimum atomic E-state index is 0. The third-order valence-corrected chi connectivity index (χ3v) is 1.22. The van der Waals surface area contributed by atoms with Crippen LogP contribution in [0.3, 0.4) is 0 Å². The first-order valence-electron chi connectivity index (χ1n) is 1.87. The SMILES string of the molecule is C=CCPC=C.Cl. The van der Waals surface area contributed by atoms with Gasteiger partial charge in [-0.2, -0.15) is 0 Å². The van der Waals surface area contributed by atoms with Gasteiger partial charge in [-0.1, -0.05) is 27.1 Å². The van der Waals surface area contributed by atoms with E-state index in [9.17, 15) is 0 Å². The van der Waals surface area contributed by atoms with Gasteiger partial charge in [-0.25, -0.2) is 0 Å². The zero-order valence-corrected chi connectivity index (χ0v) is 6.00. The molecule has 0 aliphatic heterocycles. The molecule has 0 spiro atoms. The quantitative estimate of drug-likeness (QED) is 0.318. The Hall–Kier alpha value is 0.200. The molecule has 0 aromatic rings. The van der Waals surface area contributed by atoms with Crippen LogP contribution in [0.2, 0.25) is 0 Å². The molecule has 0 saturated heterocycles. The predicted molar refractivity (Wildman–Crippen MR) is 40.8 cm³/mol. The van der Waals surface area contributed by atoms with E-state index in [0.29, 0.717) is 0 Å².